The molecule has 0 bridgehead atoms. The van der Waals surface area contributed by atoms with Crippen LogP contribution in [0.2, 0.25) is 0 Å². The molecule has 3 heteroatoms. The van der Waals surface area contributed by atoms with E-state index >= 15 is 0 Å². The van der Waals surface area contributed by atoms with E-state index in [9.17, 15) is 4.79 Å². The summed E-state index contributed by atoms with van der Waals surface area (Å²) in [5.74, 6) is 1.31. The molecule has 0 aromatic rings. The molecular weight excluding hydrogens is 200 g/mol. The maximum absolute atomic E-state index is 12.3. The normalized spacial score (nSPS) is 31.9. The number of likely N-dealkylation sites (tertiary alicyclic amines) is 1. The van der Waals surface area contributed by atoms with Crippen molar-refractivity contribution in [3.63, 3.8) is 0 Å². The lowest BCUT2D eigenvalue weighted by molar-refractivity contribution is -0.142. The van der Waals surface area contributed by atoms with Gasteiger partial charge in [-0.2, -0.15) is 5.26 Å². The van der Waals surface area contributed by atoms with Crippen molar-refractivity contribution in [2.24, 2.45) is 17.3 Å². The van der Waals surface area contributed by atoms with Crippen LogP contribution in [0, 0.1) is 28.6 Å². The highest BCUT2D eigenvalue weighted by Gasteiger charge is 2.48. The molecule has 1 aliphatic heterocycles. The highest BCUT2D eigenvalue weighted by atomic mass is 16.2. The van der Waals surface area contributed by atoms with E-state index in [2.05, 4.69) is 19.9 Å². The van der Waals surface area contributed by atoms with E-state index in [4.69, 9.17) is 5.26 Å². The van der Waals surface area contributed by atoms with E-state index in [1.807, 2.05) is 4.90 Å². The van der Waals surface area contributed by atoms with Crippen molar-refractivity contribution >= 4 is 5.91 Å². The molecule has 1 amide bonds. The van der Waals surface area contributed by atoms with Crippen LogP contribution in [0.4, 0.5) is 0 Å². The first kappa shape index (κ1) is 11.4. The number of rotatable bonds is 2. The van der Waals surface area contributed by atoms with Crippen molar-refractivity contribution in [1.82, 2.24) is 4.90 Å². The second-order valence-corrected chi connectivity index (χ2v) is 5.40. The summed E-state index contributed by atoms with van der Waals surface area (Å²) in [6, 6.07) is 2.25. The minimum absolute atomic E-state index is 0.101. The highest BCUT2D eigenvalue weighted by Crippen LogP contribution is 2.43. The molecule has 88 valence electrons. The molecule has 1 heterocycles. The summed E-state index contributed by atoms with van der Waals surface area (Å²) in [5.41, 5.74) is -0.650. The zero-order valence-corrected chi connectivity index (χ0v) is 10.2. The van der Waals surface area contributed by atoms with Gasteiger partial charge in [0.1, 0.15) is 5.41 Å². The molecule has 2 aliphatic rings. The van der Waals surface area contributed by atoms with Gasteiger partial charge < -0.3 is 4.90 Å². The van der Waals surface area contributed by atoms with Crippen molar-refractivity contribution < 1.29 is 4.79 Å². The largest absolute Gasteiger partial charge is 0.341 e. The van der Waals surface area contributed by atoms with Gasteiger partial charge >= 0.3 is 0 Å². The third-order valence-electron chi connectivity index (χ3n) is 4.41. The first-order valence-electron chi connectivity index (χ1n) is 6.33. The summed E-state index contributed by atoms with van der Waals surface area (Å²) in [6.07, 6.45) is 3.69. The number of hydrogen-bond donors (Lipinski definition) is 0. The smallest absolute Gasteiger partial charge is 0.243 e. The maximum Gasteiger partial charge on any atom is 0.243 e. The second kappa shape index (κ2) is 4.08. The molecule has 0 aromatic heterocycles. The molecule has 2 fully saturated rings. The maximum atomic E-state index is 12.3. The fourth-order valence-corrected chi connectivity index (χ4v) is 2.94. The number of nitrogens with zero attached hydrogens (tertiary/aromatic N) is 2. The Kier molecular flexibility index (Phi) is 2.92. The van der Waals surface area contributed by atoms with Crippen LogP contribution in [0.3, 0.4) is 0 Å². The summed E-state index contributed by atoms with van der Waals surface area (Å²) in [7, 11) is 0. The first-order chi connectivity index (χ1) is 7.63. The van der Waals surface area contributed by atoms with Gasteiger partial charge in [-0.1, -0.05) is 20.3 Å². The second-order valence-electron chi connectivity index (χ2n) is 5.40. The third-order valence-corrected chi connectivity index (χ3v) is 4.41. The lowest BCUT2D eigenvalue weighted by atomic mass is 9.69. The van der Waals surface area contributed by atoms with Crippen molar-refractivity contribution in [2.45, 2.75) is 39.5 Å². The van der Waals surface area contributed by atoms with Crippen LogP contribution >= 0.6 is 0 Å². The van der Waals surface area contributed by atoms with Gasteiger partial charge in [0.2, 0.25) is 5.91 Å². The predicted molar refractivity (Wildman–Crippen MR) is 61.4 cm³/mol. The van der Waals surface area contributed by atoms with Gasteiger partial charge in [0.15, 0.2) is 0 Å². The zero-order valence-electron chi connectivity index (χ0n) is 10.2. The molecule has 1 aliphatic carbocycles. The van der Waals surface area contributed by atoms with E-state index in [1.165, 1.54) is 0 Å². The van der Waals surface area contributed by atoms with Gasteiger partial charge in [-0.25, -0.2) is 0 Å². The van der Waals surface area contributed by atoms with Gasteiger partial charge in [-0.05, 0) is 31.1 Å². The fourth-order valence-electron chi connectivity index (χ4n) is 2.94. The predicted octanol–water partition coefficient (Wildman–Crippen LogP) is 2.18. The van der Waals surface area contributed by atoms with E-state index in [0.29, 0.717) is 11.8 Å². The van der Waals surface area contributed by atoms with E-state index in [0.717, 1.165) is 38.8 Å². The van der Waals surface area contributed by atoms with Crippen molar-refractivity contribution in [3.05, 3.63) is 0 Å². The Bertz CT molecular complexity index is 327. The van der Waals surface area contributed by atoms with Crippen LogP contribution in [0.25, 0.3) is 0 Å². The molecule has 0 aromatic carbocycles. The Morgan fingerprint density at radius 2 is 2.19 bits per heavy atom. The van der Waals surface area contributed by atoms with Crippen LogP contribution in [0.15, 0.2) is 0 Å². The van der Waals surface area contributed by atoms with Crippen LogP contribution in [-0.4, -0.2) is 23.9 Å². The summed E-state index contributed by atoms with van der Waals surface area (Å²) >= 11 is 0. The number of carbonyl (C=O) groups excluding carboxylic acids is 1. The molecule has 0 spiro atoms. The monoisotopic (exact) mass is 220 g/mol. The van der Waals surface area contributed by atoms with Crippen LogP contribution in [0.1, 0.15) is 39.5 Å². The third kappa shape index (κ3) is 1.61. The molecular formula is C13H20N2O. The minimum Gasteiger partial charge on any atom is -0.341 e. The SMILES string of the molecule is CC[C@@H]1CN(C(=O)C2(C#N)CCC2)C[C@@H]1C. The van der Waals surface area contributed by atoms with Crippen molar-refractivity contribution in [2.75, 3.05) is 13.1 Å². The Hall–Kier alpha value is -1.04. The molecule has 2 atom stereocenters. The summed E-state index contributed by atoms with van der Waals surface area (Å²) in [4.78, 5) is 14.2. The van der Waals surface area contributed by atoms with Gasteiger partial charge in [-0.3, -0.25) is 4.79 Å². The topological polar surface area (TPSA) is 44.1 Å². The molecule has 3 nitrogen and oxygen atoms in total. The van der Waals surface area contributed by atoms with Crippen molar-refractivity contribution in [1.29, 1.82) is 5.26 Å². The first-order valence-corrected chi connectivity index (χ1v) is 6.33. The van der Waals surface area contributed by atoms with Gasteiger partial charge in [-0.15, -0.1) is 0 Å². The molecule has 0 radical (unpaired) electrons. The quantitative estimate of drug-likeness (QED) is 0.716. The molecule has 0 N–H and O–H groups in total. The summed E-state index contributed by atoms with van der Waals surface area (Å²) < 4.78 is 0. The summed E-state index contributed by atoms with van der Waals surface area (Å²) in [6.45, 7) is 6.10. The molecule has 16 heavy (non-hydrogen) atoms. The molecule has 1 saturated carbocycles. The van der Waals surface area contributed by atoms with E-state index in [-0.39, 0.29) is 5.91 Å². The number of carbonyl (C=O) groups is 1. The van der Waals surface area contributed by atoms with Gasteiger partial charge in [0, 0.05) is 13.1 Å². The average Bonchev–Trinajstić information content (AvgIpc) is 2.58. The van der Waals surface area contributed by atoms with Crippen LogP contribution < -0.4 is 0 Å². The molecule has 1 saturated heterocycles. The van der Waals surface area contributed by atoms with E-state index in [1.54, 1.807) is 0 Å². The minimum atomic E-state index is -0.650. The zero-order chi connectivity index (χ0) is 11.8. The van der Waals surface area contributed by atoms with E-state index < -0.39 is 5.41 Å². The Labute approximate surface area is 97.4 Å². The average molecular weight is 220 g/mol. The Balaban J connectivity index is 2.05. The van der Waals surface area contributed by atoms with Gasteiger partial charge in [0.05, 0.1) is 6.07 Å². The number of nitriles is 1. The standard InChI is InChI=1S/C13H20N2O/c1-3-11-8-15(7-10(11)2)12(16)13(9-14)5-4-6-13/h10-11H,3-8H2,1-2H3/t10-,11+/m0/s1. The Morgan fingerprint density at radius 1 is 1.50 bits per heavy atom. The lowest BCUT2D eigenvalue weighted by Gasteiger charge is -2.36. The highest BCUT2D eigenvalue weighted by molar-refractivity contribution is 5.86. The Morgan fingerprint density at radius 3 is 2.56 bits per heavy atom. The fraction of sp³-hybridized carbons (Fsp3) is 0.846. The van der Waals surface area contributed by atoms with Gasteiger partial charge in [0.25, 0.3) is 0 Å². The lowest BCUT2D eigenvalue weighted by Crippen LogP contribution is -2.46. The molecule has 0 unspecified atom stereocenters. The van der Waals surface area contributed by atoms with Crippen LogP contribution in [0.5, 0.6) is 0 Å². The van der Waals surface area contributed by atoms with Crippen LogP contribution in [-0.2, 0) is 4.79 Å². The number of hydrogen-bond acceptors (Lipinski definition) is 2. The van der Waals surface area contributed by atoms with Crippen molar-refractivity contribution in [3.8, 4) is 6.07 Å². The summed E-state index contributed by atoms with van der Waals surface area (Å²) in [5, 5.41) is 9.16. The number of amides is 1. The molecule has 2 rings (SSSR count).